The van der Waals surface area contributed by atoms with Crippen LogP contribution in [0.15, 0.2) is 20.8 Å². The molecule has 0 saturated heterocycles. The maximum Gasteiger partial charge on any atom is 0.168 e. The molecule has 0 bridgehead atoms. The molecule has 0 fully saturated rings. The molecule has 0 amide bonds. The van der Waals surface area contributed by atoms with Gasteiger partial charge in [-0.15, -0.1) is 0 Å². The first-order valence-electron chi connectivity index (χ1n) is 9.71. The Morgan fingerprint density at radius 1 is 1.22 bits per heavy atom. The van der Waals surface area contributed by atoms with Gasteiger partial charge >= 0.3 is 0 Å². The van der Waals surface area contributed by atoms with Crippen molar-refractivity contribution in [3.05, 3.63) is 28.3 Å². The topological polar surface area (TPSA) is 92.8 Å². The lowest BCUT2D eigenvalue weighted by Gasteiger charge is -2.30. The molecule has 1 heterocycles. The molecule has 1 N–H and O–H groups in total. The van der Waals surface area contributed by atoms with Gasteiger partial charge in [0, 0.05) is 37.4 Å². The monoisotopic (exact) mass is 372 g/mol. The first-order chi connectivity index (χ1) is 12.7. The fourth-order valence-electron chi connectivity index (χ4n) is 3.97. The SMILES string of the molecule is CC(C)N=C(CCc1noc2c1C(=O)CCC2)C1=C(O)CC(C)(C)CC1=O. The Morgan fingerprint density at radius 3 is 2.63 bits per heavy atom. The number of fused-ring (bicyclic) bond motifs is 1. The van der Waals surface area contributed by atoms with Gasteiger partial charge in [0.15, 0.2) is 11.6 Å². The second kappa shape index (κ2) is 7.41. The van der Waals surface area contributed by atoms with Gasteiger partial charge in [0.2, 0.25) is 0 Å². The molecule has 0 atom stereocenters. The molecule has 0 aromatic carbocycles. The van der Waals surface area contributed by atoms with E-state index in [0.717, 1.165) is 12.8 Å². The van der Waals surface area contributed by atoms with Gasteiger partial charge in [-0.25, -0.2) is 0 Å². The number of aromatic nitrogens is 1. The summed E-state index contributed by atoms with van der Waals surface area (Å²) >= 11 is 0. The van der Waals surface area contributed by atoms with Crippen LogP contribution < -0.4 is 0 Å². The molecule has 2 aliphatic rings. The third-order valence-electron chi connectivity index (χ3n) is 5.07. The number of Topliss-reactive ketones (excluding diaryl/α,β-unsaturated/α-hetero) is 2. The Labute approximate surface area is 159 Å². The summed E-state index contributed by atoms with van der Waals surface area (Å²) in [5.74, 6) is 0.795. The molecule has 0 radical (unpaired) electrons. The molecular weight excluding hydrogens is 344 g/mol. The van der Waals surface area contributed by atoms with Gasteiger partial charge in [-0.2, -0.15) is 0 Å². The maximum absolute atomic E-state index is 12.7. The minimum absolute atomic E-state index is 0.00380. The highest BCUT2D eigenvalue weighted by Crippen LogP contribution is 2.37. The Balaban J connectivity index is 1.87. The quantitative estimate of drug-likeness (QED) is 0.783. The van der Waals surface area contributed by atoms with E-state index in [-0.39, 0.29) is 28.8 Å². The molecule has 2 aliphatic carbocycles. The smallest absolute Gasteiger partial charge is 0.168 e. The van der Waals surface area contributed by atoms with Crippen LogP contribution in [-0.4, -0.2) is 33.6 Å². The summed E-state index contributed by atoms with van der Waals surface area (Å²) in [5.41, 5.74) is 1.95. The number of aliphatic hydroxyl groups excluding tert-OH is 1. The van der Waals surface area contributed by atoms with E-state index in [1.165, 1.54) is 0 Å². The van der Waals surface area contributed by atoms with Crippen LogP contribution in [0.5, 0.6) is 0 Å². The summed E-state index contributed by atoms with van der Waals surface area (Å²) in [5, 5.41) is 14.6. The number of hydrogen-bond donors (Lipinski definition) is 1. The Kier molecular flexibility index (Phi) is 5.36. The lowest BCUT2D eigenvalue weighted by atomic mass is 9.75. The van der Waals surface area contributed by atoms with Crippen molar-refractivity contribution in [1.29, 1.82) is 0 Å². The van der Waals surface area contributed by atoms with Crippen LogP contribution in [0.2, 0.25) is 0 Å². The Hall–Kier alpha value is -2.24. The molecule has 0 aliphatic heterocycles. The predicted octanol–water partition coefficient (Wildman–Crippen LogP) is 4.18. The second-order valence-electron chi connectivity index (χ2n) is 8.64. The average Bonchev–Trinajstić information content (AvgIpc) is 2.94. The zero-order valence-electron chi connectivity index (χ0n) is 16.6. The first kappa shape index (κ1) is 19.5. The van der Waals surface area contributed by atoms with E-state index >= 15 is 0 Å². The van der Waals surface area contributed by atoms with Crippen molar-refractivity contribution in [3.63, 3.8) is 0 Å². The van der Waals surface area contributed by atoms with Gasteiger partial charge in [-0.1, -0.05) is 19.0 Å². The van der Waals surface area contributed by atoms with Crippen molar-refractivity contribution >= 4 is 17.3 Å². The molecule has 0 saturated carbocycles. The molecule has 1 aromatic rings. The number of aliphatic imine (C=N–C) groups is 1. The number of hydrogen-bond acceptors (Lipinski definition) is 6. The molecule has 0 unspecified atom stereocenters. The zero-order valence-corrected chi connectivity index (χ0v) is 16.6. The highest BCUT2D eigenvalue weighted by atomic mass is 16.5. The number of carbonyl (C=O) groups excluding carboxylic acids is 2. The highest BCUT2D eigenvalue weighted by molar-refractivity contribution is 6.23. The van der Waals surface area contributed by atoms with E-state index in [4.69, 9.17) is 4.52 Å². The molecule has 6 heteroatoms. The third kappa shape index (κ3) is 4.20. The van der Waals surface area contributed by atoms with E-state index in [1.807, 2.05) is 27.7 Å². The third-order valence-corrected chi connectivity index (χ3v) is 5.07. The van der Waals surface area contributed by atoms with Gasteiger partial charge < -0.3 is 9.63 Å². The van der Waals surface area contributed by atoms with E-state index in [9.17, 15) is 14.7 Å². The molecular formula is C21H28N2O4. The number of aliphatic hydroxyl groups is 1. The number of ketones is 2. The van der Waals surface area contributed by atoms with Crippen molar-refractivity contribution in [3.8, 4) is 0 Å². The summed E-state index contributed by atoms with van der Waals surface area (Å²) in [7, 11) is 0. The summed E-state index contributed by atoms with van der Waals surface area (Å²) < 4.78 is 5.35. The largest absolute Gasteiger partial charge is 0.511 e. The van der Waals surface area contributed by atoms with Crippen molar-refractivity contribution < 1.29 is 19.2 Å². The summed E-state index contributed by atoms with van der Waals surface area (Å²) in [6, 6.07) is -0.00380. The van der Waals surface area contributed by atoms with Crippen LogP contribution in [-0.2, 0) is 17.6 Å². The van der Waals surface area contributed by atoms with Crippen LogP contribution in [0.3, 0.4) is 0 Å². The number of rotatable bonds is 5. The zero-order chi connectivity index (χ0) is 19.8. The van der Waals surface area contributed by atoms with Crippen LogP contribution in [0, 0.1) is 5.41 Å². The summed E-state index contributed by atoms with van der Waals surface area (Å²) in [6.07, 6.45) is 3.81. The van der Waals surface area contributed by atoms with Gasteiger partial charge in [-0.3, -0.25) is 14.6 Å². The Bertz CT molecular complexity index is 827. The van der Waals surface area contributed by atoms with Gasteiger partial charge in [0.05, 0.1) is 16.8 Å². The van der Waals surface area contributed by atoms with E-state index in [2.05, 4.69) is 10.1 Å². The maximum atomic E-state index is 12.7. The molecule has 3 rings (SSSR count). The average molecular weight is 372 g/mol. The fourth-order valence-corrected chi connectivity index (χ4v) is 3.97. The van der Waals surface area contributed by atoms with Crippen LogP contribution in [0.25, 0.3) is 0 Å². The molecule has 146 valence electrons. The number of aryl methyl sites for hydroxylation is 2. The Morgan fingerprint density at radius 2 is 1.96 bits per heavy atom. The molecule has 0 spiro atoms. The standard InChI is InChI=1S/C21H28N2O4/c1-12(2)22-13(19-16(25)10-21(3,4)11-17(19)26)8-9-14-20-15(24)6-5-7-18(20)27-23-14/h12,25H,5-11H2,1-4H3. The summed E-state index contributed by atoms with van der Waals surface area (Å²) in [4.78, 5) is 29.6. The fraction of sp³-hybridized carbons (Fsp3) is 0.619. The van der Waals surface area contributed by atoms with Gasteiger partial charge in [0.1, 0.15) is 11.5 Å². The van der Waals surface area contributed by atoms with Gasteiger partial charge in [0.25, 0.3) is 0 Å². The van der Waals surface area contributed by atoms with E-state index in [0.29, 0.717) is 60.4 Å². The molecule has 27 heavy (non-hydrogen) atoms. The van der Waals surface area contributed by atoms with Crippen LogP contribution >= 0.6 is 0 Å². The van der Waals surface area contributed by atoms with Crippen molar-refractivity contribution in [1.82, 2.24) is 5.16 Å². The lowest BCUT2D eigenvalue weighted by molar-refractivity contribution is -0.118. The molecule has 6 nitrogen and oxygen atoms in total. The summed E-state index contributed by atoms with van der Waals surface area (Å²) in [6.45, 7) is 7.83. The normalized spacial score (nSPS) is 20.4. The van der Waals surface area contributed by atoms with Crippen molar-refractivity contribution in [2.75, 3.05) is 0 Å². The number of carbonyl (C=O) groups is 2. The number of nitrogens with zero attached hydrogens (tertiary/aromatic N) is 2. The van der Waals surface area contributed by atoms with Gasteiger partial charge in [-0.05, 0) is 38.5 Å². The first-order valence-corrected chi connectivity index (χ1v) is 9.71. The van der Waals surface area contributed by atoms with Crippen LogP contribution in [0.4, 0.5) is 0 Å². The van der Waals surface area contributed by atoms with Crippen molar-refractivity contribution in [2.24, 2.45) is 10.4 Å². The van der Waals surface area contributed by atoms with Crippen molar-refractivity contribution in [2.45, 2.75) is 78.7 Å². The minimum atomic E-state index is -0.245. The van der Waals surface area contributed by atoms with E-state index < -0.39 is 0 Å². The highest BCUT2D eigenvalue weighted by Gasteiger charge is 2.35. The minimum Gasteiger partial charge on any atom is -0.511 e. The lowest BCUT2D eigenvalue weighted by Crippen LogP contribution is -2.30. The predicted molar refractivity (Wildman–Crippen MR) is 102 cm³/mol. The second-order valence-corrected chi connectivity index (χ2v) is 8.64. The number of allylic oxidation sites excluding steroid dienone is 2. The van der Waals surface area contributed by atoms with Crippen LogP contribution in [0.1, 0.15) is 81.6 Å². The van der Waals surface area contributed by atoms with E-state index in [1.54, 1.807) is 0 Å². The molecule has 1 aromatic heterocycles.